The summed E-state index contributed by atoms with van der Waals surface area (Å²) < 4.78 is 5.63. The number of nitrogens with zero attached hydrogens (tertiary/aromatic N) is 2. The van der Waals surface area contributed by atoms with Gasteiger partial charge in [-0.25, -0.2) is 4.98 Å². The summed E-state index contributed by atoms with van der Waals surface area (Å²) in [6.45, 7) is 4.51. The molecule has 0 amide bonds. The summed E-state index contributed by atoms with van der Waals surface area (Å²) in [5, 5.41) is 0. The first-order valence-corrected chi connectivity index (χ1v) is 6.52. The van der Waals surface area contributed by atoms with Gasteiger partial charge in [-0.05, 0) is 31.0 Å². The van der Waals surface area contributed by atoms with Gasteiger partial charge in [-0.15, -0.1) is 0 Å². The van der Waals surface area contributed by atoms with Crippen LogP contribution in [0.2, 0.25) is 0 Å². The van der Waals surface area contributed by atoms with Crippen LogP contribution in [0.4, 0.5) is 0 Å². The maximum atomic E-state index is 5.63. The molecule has 0 saturated heterocycles. The van der Waals surface area contributed by atoms with Crippen LogP contribution in [-0.4, -0.2) is 9.97 Å². The second-order valence-corrected chi connectivity index (χ2v) is 4.46. The van der Waals surface area contributed by atoms with Crippen molar-refractivity contribution in [2.75, 3.05) is 0 Å². The van der Waals surface area contributed by atoms with Crippen LogP contribution in [0.25, 0.3) is 0 Å². The number of hydrogen-bond donors (Lipinski definition) is 1. The number of hydrogen-bond acceptors (Lipinski definition) is 4. The van der Waals surface area contributed by atoms with Crippen LogP contribution < -0.4 is 10.5 Å². The van der Waals surface area contributed by atoms with Crippen molar-refractivity contribution in [2.24, 2.45) is 5.73 Å². The molecule has 1 aromatic heterocycles. The minimum Gasteiger partial charge on any atom is -0.424 e. The largest absolute Gasteiger partial charge is 0.424 e. The number of ether oxygens (including phenoxy) is 1. The molecule has 4 heteroatoms. The van der Waals surface area contributed by atoms with E-state index in [1.807, 2.05) is 19.1 Å². The number of aromatic nitrogens is 2. The molecule has 1 aromatic carbocycles. The van der Waals surface area contributed by atoms with Gasteiger partial charge in [0.1, 0.15) is 5.75 Å². The number of nitrogens with two attached hydrogens (primary N) is 1. The van der Waals surface area contributed by atoms with Crippen LogP contribution in [0.1, 0.15) is 30.2 Å². The van der Waals surface area contributed by atoms with Crippen molar-refractivity contribution in [3.8, 4) is 11.8 Å². The quantitative estimate of drug-likeness (QED) is 0.894. The summed E-state index contributed by atoms with van der Waals surface area (Å²) in [6, 6.07) is 8.39. The van der Waals surface area contributed by atoms with Gasteiger partial charge in [-0.3, -0.25) is 0 Å². The summed E-state index contributed by atoms with van der Waals surface area (Å²) in [5.41, 5.74) is 8.68. The topological polar surface area (TPSA) is 61.0 Å². The molecule has 0 saturated carbocycles. The smallest absolute Gasteiger partial charge is 0.322 e. The Labute approximate surface area is 113 Å². The Morgan fingerprint density at radius 3 is 2.53 bits per heavy atom. The fourth-order valence-corrected chi connectivity index (χ4v) is 1.84. The lowest BCUT2D eigenvalue weighted by Crippen LogP contribution is -2.03. The average Bonchev–Trinajstić information content (AvgIpc) is 2.42. The van der Waals surface area contributed by atoms with Gasteiger partial charge in [-0.1, -0.05) is 25.5 Å². The molecule has 100 valence electrons. The van der Waals surface area contributed by atoms with Crippen molar-refractivity contribution >= 4 is 0 Å². The van der Waals surface area contributed by atoms with E-state index in [-0.39, 0.29) is 0 Å². The first-order valence-electron chi connectivity index (χ1n) is 6.52. The summed E-state index contributed by atoms with van der Waals surface area (Å²) >= 11 is 0. The average molecular weight is 257 g/mol. The van der Waals surface area contributed by atoms with E-state index in [0.29, 0.717) is 12.6 Å². The Bertz CT molecular complexity index is 538. The van der Waals surface area contributed by atoms with E-state index in [2.05, 4.69) is 29.0 Å². The maximum absolute atomic E-state index is 5.63. The van der Waals surface area contributed by atoms with Crippen LogP contribution in [0.5, 0.6) is 11.8 Å². The highest BCUT2D eigenvalue weighted by Gasteiger charge is 2.04. The third-order valence-corrected chi connectivity index (χ3v) is 2.95. The van der Waals surface area contributed by atoms with Crippen LogP contribution in [0, 0.1) is 6.92 Å². The SMILES string of the molecule is CCCc1ccc(Oc2ncc(CN)c(C)n2)cc1. The van der Waals surface area contributed by atoms with Crippen molar-refractivity contribution in [2.45, 2.75) is 33.2 Å². The van der Waals surface area contributed by atoms with Crippen molar-refractivity contribution in [3.05, 3.63) is 47.3 Å². The molecular formula is C15H19N3O. The van der Waals surface area contributed by atoms with Gasteiger partial charge in [0.2, 0.25) is 0 Å². The van der Waals surface area contributed by atoms with Gasteiger partial charge in [0, 0.05) is 24.0 Å². The second kappa shape index (κ2) is 6.29. The molecule has 2 aromatic rings. The van der Waals surface area contributed by atoms with Crippen molar-refractivity contribution in [3.63, 3.8) is 0 Å². The molecule has 0 aliphatic rings. The Morgan fingerprint density at radius 2 is 1.95 bits per heavy atom. The highest BCUT2D eigenvalue weighted by molar-refractivity contribution is 5.29. The molecule has 0 aliphatic heterocycles. The van der Waals surface area contributed by atoms with Gasteiger partial charge in [-0.2, -0.15) is 4.98 Å². The fraction of sp³-hybridized carbons (Fsp3) is 0.333. The second-order valence-electron chi connectivity index (χ2n) is 4.46. The Kier molecular flexibility index (Phi) is 4.47. The Morgan fingerprint density at radius 1 is 1.21 bits per heavy atom. The molecule has 0 bridgehead atoms. The molecule has 2 N–H and O–H groups in total. The number of rotatable bonds is 5. The molecule has 0 atom stereocenters. The van der Waals surface area contributed by atoms with E-state index < -0.39 is 0 Å². The van der Waals surface area contributed by atoms with Crippen LogP contribution in [0.3, 0.4) is 0 Å². The molecular weight excluding hydrogens is 238 g/mol. The van der Waals surface area contributed by atoms with E-state index in [1.54, 1.807) is 6.20 Å². The van der Waals surface area contributed by atoms with Crippen LogP contribution in [0.15, 0.2) is 30.5 Å². The van der Waals surface area contributed by atoms with Gasteiger partial charge in [0.25, 0.3) is 0 Å². The zero-order chi connectivity index (χ0) is 13.7. The highest BCUT2D eigenvalue weighted by Crippen LogP contribution is 2.19. The van der Waals surface area contributed by atoms with Crippen LogP contribution in [-0.2, 0) is 13.0 Å². The van der Waals surface area contributed by atoms with Crippen molar-refractivity contribution in [1.82, 2.24) is 9.97 Å². The van der Waals surface area contributed by atoms with Crippen molar-refractivity contribution < 1.29 is 4.74 Å². The normalized spacial score (nSPS) is 10.5. The van der Waals surface area contributed by atoms with Gasteiger partial charge in [0.15, 0.2) is 0 Å². The predicted molar refractivity (Wildman–Crippen MR) is 75.2 cm³/mol. The standard InChI is InChI=1S/C15H19N3O/c1-3-4-12-5-7-14(8-6-12)19-15-17-10-13(9-16)11(2)18-15/h5-8,10H,3-4,9,16H2,1-2H3. The lowest BCUT2D eigenvalue weighted by molar-refractivity contribution is 0.439. The molecule has 0 unspecified atom stereocenters. The van der Waals surface area contributed by atoms with E-state index in [1.165, 1.54) is 5.56 Å². The van der Waals surface area contributed by atoms with E-state index in [4.69, 9.17) is 10.5 Å². The minimum atomic E-state index is 0.359. The van der Waals surface area contributed by atoms with E-state index in [9.17, 15) is 0 Å². The third kappa shape index (κ3) is 3.51. The molecule has 0 radical (unpaired) electrons. The molecule has 0 fully saturated rings. The molecule has 19 heavy (non-hydrogen) atoms. The molecule has 2 rings (SSSR count). The minimum absolute atomic E-state index is 0.359. The van der Waals surface area contributed by atoms with Crippen molar-refractivity contribution in [1.29, 1.82) is 0 Å². The lowest BCUT2D eigenvalue weighted by atomic mass is 10.1. The Hall–Kier alpha value is -1.94. The Balaban J connectivity index is 2.10. The molecule has 1 heterocycles. The summed E-state index contributed by atoms with van der Waals surface area (Å²) in [4.78, 5) is 8.44. The zero-order valence-electron chi connectivity index (χ0n) is 11.4. The summed E-state index contributed by atoms with van der Waals surface area (Å²) in [5.74, 6) is 0.750. The molecule has 0 spiro atoms. The van der Waals surface area contributed by atoms with Gasteiger partial charge < -0.3 is 10.5 Å². The maximum Gasteiger partial charge on any atom is 0.322 e. The first kappa shape index (κ1) is 13.5. The molecule has 0 aliphatic carbocycles. The van der Waals surface area contributed by atoms with E-state index in [0.717, 1.165) is 29.8 Å². The summed E-state index contributed by atoms with van der Waals surface area (Å²) in [7, 11) is 0. The van der Waals surface area contributed by atoms with Crippen LogP contribution >= 0.6 is 0 Å². The third-order valence-electron chi connectivity index (χ3n) is 2.95. The predicted octanol–water partition coefficient (Wildman–Crippen LogP) is 2.99. The zero-order valence-corrected chi connectivity index (χ0v) is 11.4. The van der Waals surface area contributed by atoms with Gasteiger partial charge in [0.05, 0.1) is 0 Å². The number of aryl methyl sites for hydroxylation is 2. The monoisotopic (exact) mass is 257 g/mol. The lowest BCUT2D eigenvalue weighted by Gasteiger charge is -2.07. The summed E-state index contributed by atoms with van der Waals surface area (Å²) in [6.07, 6.45) is 3.94. The van der Waals surface area contributed by atoms with Gasteiger partial charge >= 0.3 is 6.01 Å². The molecule has 4 nitrogen and oxygen atoms in total. The first-order chi connectivity index (χ1) is 9.22. The highest BCUT2D eigenvalue weighted by atomic mass is 16.5. The fourth-order valence-electron chi connectivity index (χ4n) is 1.84. The van der Waals surface area contributed by atoms with E-state index >= 15 is 0 Å². The number of benzene rings is 1.